The molecule has 0 bridgehead atoms. The van der Waals surface area contributed by atoms with Crippen LogP contribution in [0.2, 0.25) is 0 Å². The third kappa shape index (κ3) is 5.03. The van der Waals surface area contributed by atoms with Gasteiger partial charge in [0.05, 0.1) is 5.60 Å². The van der Waals surface area contributed by atoms with Gasteiger partial charge in [-0.05, 0) is 19.8 Å². The van der Waals surface area contributed by atoms with E-state index in [2.05, 4.69) is 32.3 Å². The van der Waals surface area contributed by atoms with E-state index in [0.717, 1.165) is 24.2 Å². The van der Waals surface area contributed by atoms with Crippen molar-refractivity contribution in [2.75, 3.05) is 0 Å². The maximum absolute atomic E-state index is 10.3. The fraction of sp³-hybridized carbons (Fsp3) is 0.692. The fourth-order valence-electron chi connectivity index (χ4n) is 2.09. The average Bonchev–Trinajstić information content (AvgIpc) is 2.02. The summed E-state index contributed by atoms with van der Waals surface area (Å²) in [6.07, 6.45) is 2.56. The van der Waals surface area contributed by atoms with E-state index in [0.29, 0.717) is 12.3 Å². The molecule has 0 rings (SSSR count). The smallest absolute Gasteiger partial charge is 0.0701 e. The molecule has 88 valence electrons. The van der Waals surface area contributed by atoms with Crippen LogP contribution in [-0.2, 0) is 0 Å². The maximum atomic E-state index is 10.3. The minimum atomic E-state index is -0.678. The van der Waals surface area contributed by atoms with Gasteiger partial charge in [0, 0.05) is 17.8 Å². The van der Waals surface area contributed by atoms with Crippen LogP contribution in [0, 0.1) is 5.92 Å². The first-order valence-corrected chi connectivity index (χ1v) is 5.66. The van der Waals surface area contributed by atoms with Crippen molar-refractivity contribution in [3.63, 3.8) is 0 Å². The Kier molecular flexibility index (Phi) is 5.66. The van der Waals surface area contributed by atoms with E-state index in [1.807, 2.05) is 13.8 Å². The lowest BCUT2D eigenvalue weighted by Crippen LogP contribution is -2.36. The molecule has 0 radical (unpaired) electrons. The summed E-state index contributed by atoms with van der Waals surface area (Å²) in [7, 11) is 0. The van der Waals surface area contributed by atoms with Gasteiger partial charge in [0.1, 0.15) is 0 Å². The molecule has 0 aliphatic heterocycles. The van der Waals surface area contributed by atoms with Crippen LogP contribution in [-0.4, -0.2) is 10.7 Å². The van der Waals surface area contributed by atoms with Gasteiger partial charge in [-0.1, -0.05) is 39.8 Å². The average molecular weight is 211 g/mol. The predicted molar refractivity (Wildman–Crippen MR) is 66.4 cm³/mol. The summed E-state index contributed by atoms with van der Waals surface area (Å²) in [4.78, 5) is 0. The van der Waals surface area contributed by atoms with Gasteiger partial charge >= 0.3 is 0 Å². The highest BCUT2D eigenvalue weighted by atomic mass is 16.3. The van der Waals surface area contributed by atoms with Gasteiger partial charge in [0.2, 0.25) is 0 Å². The molecule has 2 heteroatoms. The molecule has 1 unspecified atom stereocenters. The molecule has 0 aromatic carbocycles. The summed E-state index contributed by atoms with van der Waals surface area (Å²) in [5.41, 5.74) is 1.02. The first-order valence-electron chi connectivity index (χ1n) is 5.66. The molecule has 0 aromatic heterocycles. The number of nitrogens with one attached hydrogen (secondary N) is 1. The molecule has 2 N–H and O–H groups in total. The van der Waals surface area contributed by atoms with E-state index >= 15 is 0 Å². The van der Waals surface area contributed by atoms with Crippen LogP contribution in [0.25, 0.3) is 0 Å². The Hall–Kier alpha value is -0.760. The van der Waals surface area contributed by atoms with E-state index in [-0.39, 0.29) is 0 Å². The largest absolute Gasteiger partial charge is 0.389 e. The molecule has 0 spiro atoms. The van der Waals surface area contributed by atoms with E-state index < -0.39 is 5.60 Å². The first-order chi connectivity index (χ1) is 6.83. The molecule has 2 nitrogen and oxygen atoms in total. The predicted octanol–water partition coefficient (Wildman–Crippen LogP) is 3.20. The van der Waals surface area contributed by atoms with Crippen molar-refractivity contribution in [1.29, 1.82) is 0 Å². The summed E-state index contributed by atoms with van der Waals surface area (Å²) >= 11 is 0. The van der Waals surface area contributed by atoms with Crippen molar-refractivity contribution in [2.24, 2.45) is 5.92 Å². The van der Waals surface area contributed by atoms with Gasteiger partial charge < -0.3 is 10.4 Å². The number of allylic oxidation sites excluding steroid dienone is 1. The topological polar surface area (TPSA) is 32.3 Å². The third-order valence-corrected chi connectivity index (χ3v) is 2.83. The zero-order valence-corrected chi connectivity index (χ0v) is 10.6. The molecular formula is C13H25NO. The second kappa shape index (κ2) is 5.96. The zero-order valence-electron chi connectivity index (χ0n) is 10.6. The normalized spacial score (nSPS) is 14.8. The van der Waals surface area contributed by atoms with Gasteiger partial charge in [0.25, 0.3) is 0 Å². The highest BCUT2D eigenvalue weighted by Crippen LogP contribution is 2.28. The minimum Gasteiger partial charge on any atom is -0.389 e. The van der Waals surface area contributed by atoms with Crippen LogP contribution in [0.15, 0.2) is 24.6 Å². The minimum absolute atomic E-state index is 0.321. The number of hydrogen-bond donors (Lipinski definition) is 2. The standard InChI is InChI=1S/C13H25NO/c1-7-12(8-2)13(6,15)9-11(5)14-10(3)4/h12,14-15H,3,5,7-9H2,1-2,4,6H3. The summed E-state index contributed by atoms with van der Waals surface area (Å²) in [5.74, 6) is 0.321. The monoisotopic (exact) mass is 211 g/mol. The van der Waals surface area contributed by atoms with Crippen LogP contribution >= 0.6 is 0 Å². The second-order valence-corrected chi connectivity index (χ2v) is 4.56. The lowest BCUT2D eigenvalue weighted by Gasteiger charge is -2.32. The summed E-state index contributed by atoms with van der Waals surface area (Å²) in [5, 5.41) is 13.4. The number of hydrogen-bond acceptors (Lipinski definition) is 2. The lowest BCUT2D eigenvalue weighted by molar-refractivity contribution is -0.00492. The van der Waals surface area contributed by atoms with Crippen molar-refractivity contribution in [3.05, 3.63) is 24.6 Å². The van der Waals surface area contributed by atoms with E-state index in [9.17, 15) is 5.11 Å². The summed E-state index contributed by atoms with van der Waals surface area (Å²) in [6, 6.07) is 0. The maximum Gasteiger partial charge on any atom is 0.0701 e. The van der Waals surface area contributed by atoms with Crippen LogP contribution in [0.4, 0.5) is 0 Å². The molecule has 0 saturated carbocycles. The Morgan fingerprint density at radius 3 is 2.13 bits per heavy atom. The number of aliphatic hydroxyl groups is 1. The van der Waals surface area contributed by atoms with E-state index in [4.69, 9.17) is 0 Å². The van der Waals surface area contributed by atoms with Crippen molar-refractivity contribution >= 4 is 0 Å². The number of rotatable bonds is 7. The molecule has 0 aromatic rings. The molecule has 0 fully saturated rings. The van der Waals surface area contributed by atoms with Gasteiger partial charge in [-0.3, -0.25) is 0 Å². The highest BCUT2D eigenvalue weighted by molar-refractivity contribution is 5.06. The van der Waals surface area contributed by atoms with E-state index in [1.54, 1.807) is 0 Å². The SMILES string of the molecule is C=C(C)NC(=C)CC(C)(O)C(CC)CC. The van der Waals surface area contributed by atoms with Crippen LogP contribution in [0.5, 0.6) is 0 Å². The van der Waals surface area contributed by atoms with Gasteiger partial charge in [-0.25, -0.2) is 0 Å². The van der Waals surface area contributed by atoms with Crippen LogP contribution < -0.4 is 5.32 Å². The zero-order chi connectivity index (χ0) is 12.1. The molecule has 15 heavy (non-hydrogen) atoms. The lowest BCUT2D eigenvalue weighted by atomic mass is 9.82. The Balaban J connectivity index is 4.35. The van der Waals surface area contributed by atoms with Gasteiger partial charge in [-0.15, -0.1) is 0 Å². The van der Waals surface area contributed by atoms with Crippen LogP contribution in [0.3, 0.4) is 0 Å². The molecular weight excluding hydrogens is 186 g/mol. The molecule has 0 heterocycles. The first kappa shape index (κ1) is 14.2. The molecule has 1 atom stereocenters. The fourth-order valence-corrected chi connectivity index (χ4v) is 2.09. The molecule has 0 amide bonds. The molecule has 0 aliphatic rings. The molecule has 0 saturated heterocycles. The van der Waals surface area contributed by atoms with Crippen molar-refractivity contribution in [1.82, 2.24) is 5.32 Å². The van der Waals surface area contributed by atoms with Crippen molar-refractivity contribution in [3.8, 4) is 0 Å². The van der Waals surface area contributed by atoms with Crippen LogP contribution in [0.1, 0.15) is 47.0 Å². The Bertz CT molecular complexity index is 227. The Labute approximate surface area is 94.1 Å². The summed E-state index contributed by atoms with van der Waals surface area (Å²) in [6.45, 7) is 15.6. The second-order valence-electron chi connectivity index (χ2n) is 4.56. The highest BCUT2D eigenvalue weighted by Gasteiger charge is 2.29. The quantitative estimate of drug-likeness (QED) is 0.678. The van der Waals surface area contributed by atoms with Gasteiger partial charge in [-0.2, -0.15) is 0 Å². The van der Waals surface area contributed by atoms with Crippen molar-refractivity contribution < 1.29 is 5.11 Å². The van der Waals surface area contributed by atoms with Gasteiger partial charge in [0.15, 0.2) is 0 Å². The molecule has 0 aliphatic carbocycles. The summed E-state index contributed by atoms with van der Waals surface area (Å²) < 4.78 is 0. The van der Waals surface area contributed by atoms with Crippen molar-refractivity contribution in [2.45, 2.75) is 52.6 Å². The third-order valence-electron chi connectivity index (χ3n) is 2.83. The van der Waals surface area contributed by atoms with E-state index in [1.165, 1.54) is 0 Å². The Morgan fingerprint density at radius 2 is 1.80 bits per heavy atom. The Morgan fingerprint density at radius 1 is 1.33 bits per heavy atom.